The number of hydrogen-bond donors (Lipinski definition) is 0. The van der Waals surface area contributed by atoms with Crippen molar-refractivity contribution in [3.05, 3.63) is 234 Å². The quantitative estimate of drug-likeness (QED) is 0.121. The van der Waals surface area contributed by atoms with E-state index in [1.165, 1.54) is 65.7 Å². The Balaban J connectivity index is 1.07. The van der Waals surface area contributed by atoms with Gasteiger partial charge in [0.25, 0.3) is 0 Å². The van der Waals surface area contributed by atoms with E-state index in [1.807, 2.05) is 0 Å². The highest BCUT2D eigenvalue weighted by Gasteiger charge is 2.44. The van der Waals surface area contributed by atoms with Crippen LogP contribution in [0.15, 0.2) is 200 Å². The Morgan fingerprint density at radius 3 is 1.52 bits per heavy atom. The summed E-state index contributed by atoms with van der Waals surface area (Å²) in [6, 6.07) is 73.0. The van der Waals surface area contributed by atoms with E-state index >= 15 is 0 Å². The van der Waals surface area contributed by atoms with Gasteiger partial charge in [0.05, 0.1) is 5.41 Å². The largest absolute Gasteiger partial charge is 0.310 e. The van der Waals surface area contributed by atoms with E-state index < -0.39 is 5.41 Å². The molecule has 0 radical (unpaired) electrons. The Labute approximate surface area is 304 Å². The topological polar surface area (TPSA) is 3.24 Å². The van der Waals surface area contributed by atoms with Crippen LogP contribution in [0.3, 0.4) is 0 Å². The first kappa shape index (κ1) is 30.2. The van der Waals surface area contributed by atoms with Crippen LogP contribution in [0.4, 0.5) is 17.1 Å². The lowest BCUT2D eigenvalue weighted by Crippen LogP contribution is -2.28. The summed E-state index contributed by atoms with van der Waals surface area (Å²) in [5, 5.41) is 7.72. The number of benzene rings is 9. The van der Waals surface area contributed by atoms with Crippen LogP contribution in [0, 0.1) is 0 Å². The molecule has 0 aromatic heterocycles. The van der Waals surface area contributed by atoms with Gasteiger partial charge in [-0.2, -0.15) is 0 Å². The van der Waals surface area contributed by atoms with Crippen molar-refractivity contribution in [3.63, 3.8) is 0 Å². The van der Waals surface area contributed by atoms with Crippen molar-refractivity contribution in [1.29, 1.82) is 0 Å². The third kappa shape index (κ3) is 4.78. The average Bonchev–Trinajstić information content (AvgIpc) is 3.52. The molecule has 0 bridgehead atoms. The minimum absolute atomic E-state index is 0.415. The molecular formula is C51H35N. The maximum absolute atomic E-state index is 2.44. The maximum Gasteiger partial charge on any atom is 0.0714 e. The predicted molar refractivity (Wildman–Crippen MR) is 221 cm³/mol. The lowest BCUT2D eigenvalue weighted by molar-refractivity contribution is 0.771. The number of fused-ring (bicyclic) bond motifs is 1. The molecule has 1 nitrogen and oxygen atoms in total. The Morgan fingerprint density at radius 1 is 0.327 bits per heavy atom. The summed E-state index contributed by atoms with van der Waals surface area (Å²) in [6.45, 7) is 0. The fraction of sp³-hybridized carbons (Fsp3) is 0.0196. The molecule has 0 spiro atoms. The molecule has 9 aromatic carbocycles. The lowest BCUT2D eigenvalue weighted by Gasteiger charge is -2.34. The first-order valence-electron chi connectivity index (χ1n) is 18.0. The van der Waals surface area contributed by atoms with Crippen molar-refractivity contribution < 1.29 is 0 Å². The van der Waals surface area contributed by atoms with Gasteiger partial charge < -0.3 is 4.90 Å². The minimum Gasteiger partial charge on any atom is -0.310 e. The van der Waals surface area contributed by atoms with E-state index in [-0.39, 0.29) is 0 Å². The van der Waals surface area contributed by atoms with Gasteiger partial charge in [0.15, 0.2) is 0 Å². The number of nitrogens with zero attached hydrogens (tertiary/aromatic N) is 1. The molecule has 10 rings (SSSR count). The summed E-state index contributed by atoms with van der Waals surface area (Å²) in [4.78, 5) is 2.31. The first-order chi connectivity index (χ1) is 25.8. The number of anilines is 3. The molecule has 0 N–H and O–H groups in total. The standard InChI is InChI=1S/C51H35N/c1-5-15-42(16-6-1)51(43-17-7-2-8-18-43)47-23-13-14-38-28-29-41-33-37(34-48(51)50(41)49(38)47)25-24-36-26-27-40-35-46(31-30-39(40)32-36)52(44-19-9-3-10-20-44)45-21-11-4-12-22-45/h1-35H/b25-24+. The molecule has 1 heteroatoms. The lowest BCUT2D eigenvalue weighted by atomic mass is 9.67. The summed E-state index contributed by atoms with van der Waals surface area (Å²) in [7, 11) is 0. The van der Waals surface area contributed by atoms with E-state index in [0.29, 0.717) is 0 Å². The Morgan fingerprint density at radius 2 is 0.846 bits per heavy atom. The van der Waals surface area contributed by atoms with Crippen LogP contribution < -0.4 is 4.90 Å². The summed E-state index contributed by atoms with van der Waals surface area (Å²) >= 11 is 0. The summed E-state index contributed by atoms with van der Waals surface area (Å²) in [5.41, 5.74) is 10.7. The monoisotopic (exact) mass is 661 g/mol. The zero-order valence-corrected chi connectivity index (χ0v) is 28.7. The SMILES string of the molecule is C(=C\c1cc2c3c(ccc4cccc(c43)C2(c2ccccc2)c2ccccc2)c1)/c1ccc2cc(N(c3ccccc3)c3ccccc3)ccc2c1. The molecule has 0 atom stereocenters. The van der Waals surface area contributed by atoms with Crippen molar-refractivity contribution in [2.75, 3.05) is 4.90 Å². The van der Waals surface area contributed by atoms with Crippen molar-refractivity contribution in [2.45, 2.75) is 5.41 Å². The van der Waals surface area contributed by atoms with Gasteiger partial charge in [-0.3, -0.25) is 0 Å². The van der Waals surface area contributed by atoms with Crippen molar-refractivity contribution >= 4 is 61.5 Å². The second-order valence-corrected chi connectivity index (χ2v) is 13.7. The van der Waals surface area contributed by atoms with E-state index in [2.05, 4.69) is 217 Å². The summed E-state index contributed by atoms with van der Waals surface area (Å²) in [5.74, 6) is 0. The van der Waals surface area contributed by atoms with Gasteiger partial charge in [-0.15, -0.1) is 0 Å². The molecule has 0 unspecified atom stereocenters. The molecule has 0 fully saturated rings. The smallest absolute Gasteiger partial charge is 0.0714 e. The zero-order valence-electron chi connectivity index (χ0n) is 28.7. The highest BCUT2D eigenvalue weighted by Crippen LogP contribution is 2.56. The third-order valence-corrected chi connectivity index (χ3v) is 10.8. The molecule has 9 aromatic rings. The Hall–Kier alpha value is -6.70. The Bertz CT molecular complexity index is 2690. The van der Waals surface area contributed by atoms with Crippen LogP contribution in [0.25, 0.3) is 44.5 Å². The number of hydrogen-bond acceptors (Lipinski definition) is 1. The Kier molecular flexibility index (Phi) is 7.11. The van der Waals surface area contributed by atoms with Gasteiger partial charge in [-0.05, 0) is 120 Å². The van der Waals surface area contributed by atoms with Crippen LogP contribution >= 0.6 is 0 Å². The van der Waals surface area contributed by atoms with Crippen LogP contribution in [0.2, 0.25) is 0 Å². The van der Waals surface area contributed by atoms with E-state index in [9.17, 15) is 0 Å². The molecule has 0 aliphatic heterocycles. The number of rotatable bonds is 7. The van der Waals surface area contributed by atoms with Crippen LogP contribution in [-0.2, 0) is 5.41 Å². The second-order valence-electron chi connectivity index (χ2n) is 13.7. The van der Waals surface area contributed by atoms with Crippen LogP contribution in [0.1, 0.15) is 33.4 Å². The van der Waals surface area contributed by atoms with Gasteiger partial charge in [0.1, 0.15) is 0 Å². The highest BCUT2D eigenvalue weighted by molar-refractivity contribution is 6.16. The van der Waals surface area contributed by atoms with Gasteiger partial charge in [0.2, 0.25) is 0 Å². The second kappa shape index (κ2) is 12.3. The maximum atomic E-state index is 2.44. The molecule has 0 amide bonds. The van der Waals surface area contributed by atoms with Crippen molar-refractivity contribution in [1.82, 2.24) is 0 Å². The average molecular weight is 662 g/mol. The van der Waals surface area contributed by atoms with Gasteiger partial charge in [-0.1, -0.05) is 158 Å². The number of para-hydroxylation sites is 2. The molecular weight excluding hydrogens is 627 g/mol. The van der Waals surface area contributed by atoms with Gasteiger partial charge >= 0.3 is 0 Å². The molecule has 0 saturated carbocycles. The van der Waals surface area contributed by atoms with Crippen LogP contribution in [-0.4, -0.2) is 0 Å². The van der Waals surface area contributed by atoms with Gasteiger partial charge in [0, 0.05) is 17.1 Å². The first-order valence-corrected chi connectivity index (χ1v) is 18.0. The van der Waals surface area contributed by atoms with Gasteiger partial charge in [-0.25, -0.2) is 0 Å². The third-order valence-electron chi connectivity index (χ3n) is 10.8. The normalized spacial score (nSPS) is 13.1. The zero-order chi connectivity index (χ0) is 34.5. The predicted octanol–water partition coefficient (Wildman–Crippen LogP) is 13.5. The molecule has 0 saturated heterocycles. The molecule has 1 aliphatic rings. The summed E-state index contributed by atoms with van der Waals surface area (Å²) in [6.07, 6.45) is 4.54. The fourth-order valence-corrected chi connectivity index (χ4v) is 8.57. The van der Waals surface area contributed by atoms with E-state index in [1.54, 1.807) is 0 Å². The minimum atomic E-state index is -0.415. The van der Waals surface area contributed by atoms with E-state index in [0.717, 1.165) is 17.1 Å². The van der Waals surface area contributed by atoms with Crippen molar-refractivity contribution in [3.8, 4) is 0 Å². The molecule has 244 valence electrons. The van der Waals surface area contributed by atoms with Crippen molar-refractivity contribution in [2.24, 2.45) is 0 Å². The molecule has 0 heterocycles. The molecule has 52 heavy (non-hydrogen) atoms. The molecule has 1 aliphatic carbocycles. The fourth-order valence-electron chi connectivity index (χ4n) is 8.57. The summed E-state index contributed by atoms with van der Waals surface area (Å²) < 4.78 is 0. The highest BCUT2D eigenvalue weighted by atomic mass is 15.1. The van der Waals surface area contributed by atoms with Crippen LogP contribution in [0.5, 0.6) is 0 Å². The van der Waals surface area contributed by atoms with E-state index in [4.69, 9.17) is 0 Å².